The van der Waals surface area contributed by atoms with Crippen molar-refractivity contribution in [3.8, 4) is 0 Å². The van der Waals surface area contributed by atoms with E-state index in [1.54, 1.807) is 6.07 Å². The molecule has 0 saturated carbocycles. The summed E-state index contributed by atoms with van der Waals surface area (Å²) < 4.78 is 0. The molecular weight excluding hydrogens is 224 g/mol. The van der Waals surface area contributed by atoms with Gasteiger partial charge in [-0.1, -0.05) is 33.3 Å². The van der Waals surface area contributed by atoms with Crippen molar-refractivity contribution in [2.45, 2.75) is 46.5 Å². The van der Waals surface area contributed by atoms with Gasteiger partial charge in [0.2, 0.25) is 0 Å². The number of pyridine rings is 1. The van der Waals surface area contributed by atoms with Gasteiger partial charge < -0.3 is 0 Å². The standard InChI is InChI=1S/C15H22N2O/c1-4-7-11-16-12(5-2)13-9-8-10-14(17-13)15(18)6-3/h8-10H,4-7,11H2,1-3H3/b16-12+. The van der Waals surface area contributed by atoms with Crippen molar-refractivity contribution in [1.29, 1.82) is 0 Å². The van der Waals surface area contributed by atoms with Crippen LogP contribution in [0.15, 0.2) is 23.2 Å². The van der Waals surface area contributed by atoms with E-state index in [1.165, 1.54) is 0 Å². The molecule has 0 spiro atoms. The fraction of sp³-hybridized carbons (Fsp3) is 0.533. The second-order valence-electron chi connectivity index (χ2n) is 4.22. The van der Waals surface area contributed by atoms with E-state index < -0.39 is 0 Å². The highest BCUT2D eigenvalue weighted by Gasteiger charge is 2.08. The van der Waals surface area contributed by atoms with Crippen LogP contribution in [0.25, 0.3) is 0 Å². The molecule has 0 atom stereocenters. The molecule has 0 unspecified atom stereocenters. The van der Waals surface area contributed by atoms with E-state index in [1.807, 2.05) is 19.1 Å². The van der Waals surface area contributed by atoms with Gasteiger partial charge in [0.25, 0.3) is 0 Å². The molecule has 0 N–H and O–H groups in total. The van der Waals surface area contributed by atoms with Crippen LogP contribution in [-0.2, 0) is 0 Å². The fourth-order valence-corrected chi connectivity index (χ4v) is 1.68. The topological polar surface area (TPSA) is 42.3 Å². The molecule has 0 aromatic carbocycles. The molecule has 0 radical (unpaired) electrons. The number of nitrogens with zero attached hydrogens (tertiary/aromatic N) is 2. The minimum absolute atomic E-state index is 0.0841. The lowest BCUT2D eigenvalue weighted by molar-refractivity contribution is 0.0983. The molecule has 0 aliphatic heterocycles. The first-order valence-corrected chi connectivity index (χ1v) is 6.76. The van der Waals surface area contributed by atoms with E-state index in [4.69, 9.17) is 0 Å². The van der Waals surface area contributed by atoms with E-state index >= 15 is 0 Å². The summed E-state index contributed by atoms with van der Waals surface area (Å²) >= 11 is 0. The predicted molar refractivity (Wildman–Crippen MR) is 75.5 cm³/mol. The van der Waals surface area contributed by atoms with Gasteiger partial charge in [0.1, 0.15) is 5.69 Å². The quantitative estimate of drug-likeness (QED) is 0.418. The number of hydrogen-bond acceptors (Lipinski definition) is 3. The van der Waals surface area contributed by atoms with Gasteiger partial charge in [-0.05, 0) is 25.0 Å². The van der Waals surface area contributed by atoms with E-state index in [0.29, 0.717) is 12.1 Å². The number of carbonyl (C=O) groups is 1. The van der Waals surface area contributed by atoms with Crippen LogP contribution >= 0.6 is 0 Å². The normalized spacial score (nSPS) is 11.6. The summed E-state index contributed by atoms with van der Waals surface area (Å²) in [5.74, 6) is 0.0841. The smallest absolute Gasteiger partial charge is 0.180 e. The Bertz CT molecular complexity index is 424. The first-order chi connectivity index (χ1) is 8.72. The number of ketones is 1. The fourth-order valence-electron chi connectivity index (χ4n) is 1.68. The van der Waals surface area contributed by atoms with Crippen molar-refractivity contribution >= 4 is 11.5 Å². The van der Waals surface area contributed by atoms with Crippen molar-refractivity contribution in [2.24, 2.45) is 4.99 Å². The minimum atomic E-state index is 0.0841. The molecule has 1 rings (SSSR count). The highest BCUT2D eigenvalue weighted by molar-refractivity contribution is 6.00. The maximum atomic E-state index is 11.6. The molecule has 0 amide bonds. The van der Waals surface area contributed by atoms with Gasteiger partial charge in [0.15, 0.2) is 5.78 Å². The van der Waals surface area contributed by atoms with Gasteiger partial charge in [0.05, 0.1) is 11.4 Å². The van der Waals surface area contributed by atoms with Crippen molar-refractivity contribution in [3.63, 3.8) is 0 Å². The SMILES string of the molecule is CCCC/N=C(\CC)c1cccc(C(=O)CC)n1. The molecular formula is C15H22N2O. The lowest BCUT2D eigenvalue weighted by Gasteiger charge is -2.05. The first-order valence-electron chi connectivity index (χ1n) is 6.76. The number of unbranched alkanes of at least 4 members (excludes halogenated alkanes) is 1. The van der Waals surface area contributed by atoms with E-state index in [9.17, 15) is 4.79 Å². The zero-order valence-electron chi connectivity index (χ0n) is 11.6. The van der Waals surface area contributed by atoms with Crippen molar-refractivity contribution in [2.75, 3.05) is 6.54 Å². The number of hydrogen-bond donors (Lipinski definition) is 0. The molecule has 98 valence electrons. The van der Waals surface area contributed by atoms with Crippen LogP contribution in [-0.4, -0.2) is 23.0 Å². The Balaban J connectivity index is 2.92. The molecule has 1 heterocycles. The van der Waals surface area contributed by atoms with E-state index in [-0.39, 0.29) is 5.78 Å². The molecule has 18 heavy (non-hydrogen) atoms. The van der Waals surface area contributed by atoms with Crippen LogP contribution in [0.1, 0.15) is 62.6 Å². The van der Waals surface area contributed by atoms with Gasteiger partial charge in [-0.15, -0.1) is 0 Å². The number of carbonyl (C=O) groups excluding carboxylic acids is 1. The number of aliphatic imine (C=N–C) groups is 1. The largest absolute Gasteiger partial charge is 0.292 e. The lowest BCUT2D eigenvalue weighted by atomic mass is 10.1. The Morgan fingerprint density at radius 3 is 2.50 bits per heavy atom. The first kappa shape index (κ1) is 14.6. The molecule has 3 heteroatoms. The van der Waals surface area contributed by atoms with Crippen molar-refractivity contribution in [1.82, 2.24) is 4.98 Å². The third-order valence-corrected chi connectivity index (χ3v) is 2.80. The van der Waals surface area contributed by atoms with Crippen LogP contribution in [0.2, 0.25) is 0 Å². The van der Waals surface area contributed by atoms with Crippen LogP contribution in [0.5, 0.6) is 0 Å². The Morgan fingerprint density at radius 2 is 1.89 bits per heavy atom. The maximum Gasteiger partial charge on any atom is 0.180 e. The zero-order valence-corrected chi connectivity index (χ0v) is 11.6. The number of rotatable bonds is 7. The van der Waals surface area contributed by atoms with E-state index in [0.717, 1.165) is 37.2 Å². The second kappa shape index (κ2) is 7.75. The maximum absolute atomic E-state index is 11.6. The molecule has 1 aromatic rings. The summed E-state index contributed by atoms with van der Waals surface area (Å²) in [5.41, 5.74) is 2.38. The highest BCUT2D eigenvalue weighted by Crippen LogP contribution is 2.06. The predicted octanol–water partition coefficient (Wildman–Crippen LogP) is 3.67. The molecule has 1 aromatic heterocycles. The van der Waals surface area contributed by atoms with Crippen LogP contribution in [0, 0.1) is 0 Å². The van der Waals surface area contributed by atoms with Crippen LogP contribution in [0.4, 0.5) is 0 Å². The van der Waals surface area contributed by atoms with Crippen molar-refractivity contribution < 1.29 is 4.79 Å². The summed E-state index contributed by atoms with van der Waals surface area (Å²) in [4.78, 5) is 20.6. The molecule has 0 aliphatic carbocycles. The average Bonchev–Trinajstić information content (AvgIpc) is 2.43. The van der Waals surface area contributed by atoms with E-state index in [2.05, 4.69) is 23.8 Å². The molecule has 0 saturated heterocycles. The monoisotopic (exact) mass is 246 g/mol. The third kappa shape index (κ3) is 4.06. The average molecular weight is 246 g/mol. The van der Waals surface area contributed by atoms with Crippen LogP contribution < -0.4 is 0 Å². The molecule has 0 aliphatic rings. The summed E-state index contributed by atoms with van der Waals surface area (Å²) in [7, 11) is 0. The lowest BCUT2D eigenvalue weighted by Crippen LogP contribution is -2.08. The van der Waals surface area contributed by atoms with Gasteiger partial charge in [-0.25, -0.2) is 4.98 Å². The zero-order chi connectivity index (χ0) is 13.4. The summed E-state index contributed by atoms with van der Waals surface area (Å²) in [6, 6.07) is 5.59. The molecule has 0 bridgehead atoms. The third-order valence-electron chi connectivity index (χ3n) is 2.80. The number of Topliss-reactive ketones (excluding diaryl/α,β-unsaturated/α-hetero) is 1. The van der Waals surface area contributed by atoms with Gasteiger partial charge in [-0.2, -0.15) is 0 Å². The highest BCUT2D eigenvalue weighted by atomic mass is 16.1. The Hall–Kier alpha value is -1.51. The van der Waals surface area contributed by atoms with Crippen LogP contribution in [0.3, 0.4) is 0 Å². The van der Waals surface area contributed by atoms with Gasteiger partial charge in [0, 0.05) is 13.0 Å². The number of aromatic nitrogens is 1. The molecule has 3 nitrogen and oxygen atoms in total. The Kier molecular flexibility index (Phi) is 6.26. The summed E-state index contributed by atoms with van der Waals surface area (Å²) in [6.07, 6.45) is 3.57. The van der Waals surface area contributed by atoms with Crippen molar-refractivity contribution in [3.05, 3.63) is 29.6 Å². The summed E-state index contributed by atoms with van der Waals surface area (Å²) in [6.45, 7) is 6.92. The van der Waals surface area contributed by atoms with Gasteiger partial charge in [-0.3, -0.25) is 9.79 Å². The van der Waals surface area contributed by atoms with Gasteiger partial charge >= 0.3 is 0 Å². The summed E-state index contributed by atoms with van der Waals surface area (Å²) in [5, 5.41) is 0. The minimum Gasteiger partial charge on any atom is -0.292 e. The second-order valence-corrected chi connectivity index (χ2v) is 4.22. The Labute approximate surface area is 109 Å². The molecule has 0 fully saturated rings. The Morgan fingerprint density at radius 1 is 1.17 bits per heavy atom.